The Balaban J connectivity index is 2.08. The first-order valence-electron chi connectivity index (χ1n) is 7.81. The molecule has 1 unspecified atom stereocenters. The largest absolute Gasteiger partial charge is 0.347 e. The second-order valence-electron chi connectivity index (χ2n) is 7.19. The monoisotopic (exact) mass is 342 g/mol. The number of hydrogen-bond donors (Lipinski definition) is 1. The molecule has 1 saturated heterocycles. The molecule has 1 aromatic rings. The van der Waals surface area contributed by atoms with Crippen LogP contribution in [0.5, 0.6) is 0 Å². The zero-order valence-corrected chi connectivity index (χ0v) is 15.3. The quantitative estimate of drug-likeness (QED) is 0.891. The van der Waals surface area contributed by atoms with Crippen LogP contribution in [0.1, 0.15) is 49.8 Å². The van der Waals surface area contributed by atoms with Crippen LogP contribution in [-0.2, 0) is 15.6 Å². The summed E-state index contributed by atoms with van der Waals surface area (Å²) < 4.78 is 26.5. The number of piperidine rings is 1. The van der Waals surface area contributed by atoms with Crippen molar-refractivity contribution in [1.29, 1.82) is 0 Å². The SMILES string of the molecule is Cc1cc(C(=O)NC2CCCN(S(C)(=O)=O)C2)nn1C(C)(C)C. The molecule has 0 bridgehead atoms. The minimum Gasteiger partial charge on any atom is -0.347 e. The number of aromatic nitrogens is 2. The third-order valence-electron chi connectivity index (χ3n) is 3.94. The fourth-order valence-corrected chi connectivity index (χ4v) is 3.80. The lowest BCUT2D eigenvalue weighted by Gasteiger charge is -2.31. The van der Waals surface area contributed by atoms with Gasteiger partial charge in [-0.05, 0) is 46.6 Å². The number of rotatable bonds is 3. The van der Waals surface area contributed by atoms with Gasteiger partial charge in [-0.25, -0.2) is 12.7 Å². The first kappa shape index (κ1) is 17.9. The van der Waals surface area contributed by atoms with Crippen molar-refractivity contribution in [2.75, 3.05) is 19.3 Å². The van der Waals surface area contributed by atoms with E-state index in [1.807, 2.05) is 32.4 Å². The zero-order chi connectivity index (χ0) is 17.4. The van der Waals surface area contributed by atoms with Crippen molar-refractivity contribution >= 4 is 15.9 Å². The molecule has 0 spiro atoms. The molecule has 130 valence electrons. The third-order valence-corrected chi connectivity index (χ3v) is 5.21. The molecule has 2 rings (SSSR count). The van der Waals surface area contributed by atoms with Crippen LogP contribution in [0.2, 0.25) is 0 Å². The molecular formula is C15H26N4O3S. The molecule has 1 atom stereocenters. The Labute approximate surface area is 138 Å². The van der Waals surface area contributed by atoms with Gasteiger partial charge in [0.15, 0.2) is 0 Å². The van der Waals surface area contributed by atoms with E-state index in [1.165, 1.54) is 10.6 Å². The van der Waals surface area contributed by atoms with Crippen molar-refractivity contribution in [2.45, 2.75) is 52.1 Å². The molecule has 1 aliphatic rings. The van der Waals surface area contributed by atoms with E-state index in [1.54, 1.807) is 6.07 Å². The van der Waals surface area contributed by atoms with Gasteiger partial charge in [-0.15, -0.1) is 0 Å². The van der Waals surface area contributed by atoms with E-state index in [2.05, 4.69) is 10.4 Å². The summed E-state index contributed by atoms with van der Waals surface area (Å²) in [6, 6.07) is 1.59. The molecule has 1 aliphatic heterocycles. The Kier molecular flexibility index (Phi) is 4.86. The lowest BCUT2D eigenvalue weighted by atomic mass is 10.1. The molecule has 0 aliphatic carbocycles. The molecule has 0 saturated carbocycles. The third kappa shape index (κ3) is 4.32. The summed E-state index contributed by atoms with van der Waals surface area (Å²) in [6.07, 6.45) is 2.72. The van der Waals surface area contributed by atoms with Crippen molar-refractivity contribution in [2.24, 2.45) is 0 Å². The van der Waals surface area contributed by atoms with Gasteiger partial charge in [-0.2, -0.15) is 5.10 Å². The predicted molar refractivity (Wildman–Crippen MR) is 88.9 cm³/mol. The summed E-state index contributed by atoms with van der Waals surface area (Å²) in [5.41, 5.74) is 1.10. The van der Waals surface area contributed by atoms with E-state index < -0.39 is 10.0 Å². The Morgan fingerprint density at radius 2 is 2.04 bits per heavy atom. The molecule has 1 amide bonds. The van der Waals surface area contributed by atoms with Crippen LogP contribution in [0.25, 0.3) is 0 Å². The van der Waals surface area contributed by atoms with Gasteiger partial charge in [-0.1, -0.05) is 0 Å². The molecule has 2 heterocycles. The number of aryl methyl sites for hydroxylation is 1. The van der Waals surface area contributed by atoms with Gasteiger partial charge in [0.1, 0.15) is 5.69 Å². The normalized spacial score (nSPS) is 20.5. The molecule has 1 N–H and O–H groups in total. The van der Waals surface area contributed by atoms with E-state index in [-0.39, 0.29) is 17.5 Å². The summed E-state index contributed by atoms with van der Waals surface area (Å²) in [7, 11) is -3.22. The highest BCUT2D eigenvalue weighted by Gasteiger charge is 2.28. The van der Waals surface area contributed by atoms with E-state index in [0.717, 1.165) is 18.5 Å². The first-order chi connectivity index (χ1) is 10.5. The molecule has 1 aromatic heterocycles. The highest BCUT2D eigenvalue weighted by Crippen LogP contribution is 2.18. The van der Waals surface area contributed by atoms with Crippen molar-refractivity contribution in [3.8, 4) is 0 Å². The van der Waals surface area contributed by atoms with Crippen LogP contribution in [0.15, 0.2) is 6.07 Å². The molecule has 23 heavy (non-hydrogen) atoms. The van der Waals surface area contributed by atoms with Crippen molar-refractivity contribution in [1.82, 2.24) is 19.4 Å². The summed E-state index contributed by atoms with van der Waals surface area (Å²) in [4.78, 5) is 12.4. The van der Waals surface area contributed by atoms with Gasteiger partial charge >= 0.3 is 0 Å². The summed E-state index contributed by atoms with van der Waals surface area (Å²) in [6.45, 7) is 8.84. The minimum absolute atomic E-state index is 0.175. The Morgan fingerprint density at radius 3 is 2.57 bits per heavy atom. The first-order valence-corrected chi connectivity index (χ1v) is 9.66. The molecule has 0 radical (unpaired) electrons. The highest BCUT2D eigenvalue weighted by atomic mass is 32.2. The highest BCUT2D eigenvalue weighted by molar-refractivity contribution is 7.88. The topological polar surface area (TPSA) is 84.3 Å². The smallest absolute Gasteiger partial charge is 0.272 e. The number of amides is 1. The molecule has 7 nitrogen and oxygen atoms in total. The molecular weight excluding hydrogens is 316 g/mol. The zero-order valence-electron chi connectivity index (χ0n) is 14.5. The van der Waals surface area contributed by atoms with E-state index >= 15 is 0 Å². The van der Waals surface area contributed by atoms with Crippen LogP contribution in [-0.4, -0.2) is 53.8 Å². The Morgan fingerprint density at radius 1 is 1.39 bits per heavy atom. The second kappa shape index (κ2) is 6.24. The number of nitrogens with zero attached hydrogens (tertiary/aromatic N) is 3. The van der Waals surface area contributed by atoms with Crippen LogP contribution in [0.4, 0.5) is 0 Å². The van der Waals surface area contributed by atoms with Crippen molar-refractivity contribution in [3.63, 3.8) is 0 Å². The summed E-state index contributed by atoms with van der Waals surface area (Å²) in [5, 5.41) is 7.30. The van der Waals surface area contributed by atoms with Crippen LogP contribution in [0.3, 0.4) is 0 Å². The maximum atomic E-state index is 12.4. The standard InChI is InChI=1S/C15H26N4O3S/c1-11-9-13(17-19(11)15(2,3)4)14(20)16-12-7-6-8-18(10-12)23(5,21)22/h9,12H,6-8,10H2,1-5H3,(H,16,20). The van der Waals surface area contributed by atoms with Gasteiger partial charge in [-0.3, -0.25) is 9.48 Å². The lowest BCUT2D eigenvalue weighted by Crippen LogP contribution is -2.49. The van der Waals surface area contributed by atoms with E-state index in [9.17, 15) is 13.2 Å². The summed E-state index contributed by atoms with van der Waals surface area (Å²) in [5.74, 6) is -0.253. The van der Waals surface area contributed by atoms with E-state index in [4.69, 9.17) is 0 Å². The van der Waals surface area contributed by atoms with E-state index in [0.29, 0.717) is 18.8 Å². The number of carbonyl (C=O) groups excluding carboxylic acids is 1. The number of nitrogens with one attached hydrogen (secondary N) is 1. The lowest BCUT2D eigenvalue weighted by molar-refractivity contribution is 0.0914. The van der Waals surface area contributed by atoms with Gasteiger partial charge in [0.05, 0.1) is 11.8 Å². The second-order valence-corrected chi connectivity index (χ2v) is 9.17. The number of hydrogen-bond acceptors (Lipinski definition) is 4. The molecule has 1 fully saturated rings. The minimum atomic E-state index is -3.22. The molecule has 8 heteroatoms. The predicted octanol–water partition coefficient (Wildman–Crippen LogP) is 1.10. The van der Waals surface area contributed by atoms with Crippen LogP contribution >= 0.6 is 0 Å². The van der Waals surface area contributed by atoms with Crippen molar-refractivity contribution < 1.29 is 13.2 Å². The van der Waals surface area contributed by atoms with Crippen LogP contribution < -0.4 is 5.32 Å². The number of carbonyl (C=O) groups is 1. The van der Waals surface area contributed by atoms with Gasteiger partial charge < -0.3 is 5.32 Å². The maximum absolute atomic E-state index is 12.4. The van der Waals surface area contributed by atoms with Gasteiger partial charge in [0.25, 0.3) is 5.91 Å². The Hall–Kier alpha value is -1.41. The Bertz CT molecular complexity index is 688. The maximum Gasteiger partial charge on any atom is 0.272 e. The van der Waals surface area contributed by atoms with Gasteiger partial charge in [0, 0.05) is 24.8 Å². The van der Waals surface area contributed by atoms with Crippen molar-refractivity contribution in [3.05, 3.63) is 17.5 Å². The molecule has 0 aromatic carbocycles. The fraction of sp³-hybridized carbons (Fsp3) is 0.733. The average molecular weight is 342 g/mol. The van der Waals surface area contributed by atoms with Gasteiger partial charge in [0.2, 0.25) is 10.0 Å². The number of sulfonamides is 1. The van der Waals surface area contributed by atoms with Crippen LogP contribution in [0, 0.1) is 6.92 Å². The average Bonchev–Trinajstić information content (AvgIpc) is 2.80. The fourth-order valence-electron chi connectivity index (χ4n) is 2.89. The summed E-state index contributed by atoms with van der Waals surface area (Å²) >= 11 is 0.